The molecule has 0 aromatic heterocycles. The summed E-state index contributed by atoms with van der Waals surface area (Å²) in [5.74, 6) is 1.47. The van der Waals surface area contributed by atoms with Gasteiger partial charge in [0.05, 0.1) is 13.7 Å². The molecule has 1 N–H and O–H groups in total. The van der Waals surface area contributed by atoms with E-state index in [0.717, 1.165) is 29.9 Å². The maximum atomic E-state index is 6.14. The molecule has 4 heteroatoms. The molecular weight excluding hydrogens is 274 g/mol. The molecule has 0 aliphatic heterocycles. The third kappa shape index (κ3) is 4.43. The molecule has 0 heterocycles. The number of ether oxygens (including phenoxy) is 2. The van der Waals surface area contributed by atoms with Crippen LogP contribution in [0.3, 0.4) is 0 Å². The van der Waals surface area contributed by atoms with Crippen LogP contribution in [0.5, 0.6) is 11.5 Å². The summed E-state index contributed by atoms with van der Waals surface area (Å²) in [6, 6.07) is 4.37. The summed E-state index contributed by atoms with van der Waals surface area (Å²) in [7, 11) is 1.63. The summed E-state index contributed by atoms with van der Waals surface area (Å²) in [5, 5.41) is 4.15. The number of methoxy groups -OCH3 is 1. The summed E-state index contributed by atoms with van der Waals surface area (Å²) in [6.07, 6.45) is 3.34. The lowest BCUT2D eigenvalue weighted by atomic mass is 10.1. The highest BCUT2D eigenvalue weighted by Crippen LogP contribution is 2.35. The second-order valence-electron chi connectivity index (χ2n) is 5.31. The van der Waals surface area contributed by atoms with Crippen LogP contribution in [0.1, 0.15) is 31.7 Å². The minimum Gasteiger partial charge on any atom is -0.493 e. The van der Waals surface area contributed by atoms with Crippen LogP contribution in [0, 0.1) is 0 Å². The molecule has 0 atom stereocenters. The number of benzene rings is 1. The van der Waals surface area contributed by atoms with E-state index in [4.69, 9.17) is 21.1 Å². The van der Waals surface area contributed by atoms with Gasteiger partial charge in [-0.1, -0.05) is 17.2 Å². The van der Waals surface area contributed by atoms with Gasteiger partial charge in [-0.2, -0.15) is 0 Å². The monoisotopic (exact) mass is 295 g/mol. The number of rotatable bonds is 8. The highest BCUT2D eigenvalue weighted by atomic mass is 35.5. The van der Waals surface area contributed by atoms with E-state index in [1.165, 1.54) is 12.8 Å². The van der Waals surface area contributed by atoms with Crippen LogP contribution in [0.4, 0.5) is 0 Å². The van der Waals surface area contributed by atoms with Crippen LogP contribution in [-0.2, 0) is 6.54 Å². The summed E-state index contributed by atoms with van der Waals surface area (Å²) in [5.41, 5.74) is 2.15. The Morgan fingerprint density at radius 3 is 2.80 bits per heavy atom. The van der Waals surface area contributed by atoms with Gasteiger partial charge >= 0.3 is 0 Å². The minimum absolute atomic E-state index is 0.601. The van der Waals surface area contributed by atoms with E-state index in [1.807, 2.05) is 13.0 Å². The first-order valence-corrected chi connectivity index (χ1v) is 7.35. The van der Waals surface area contributed by atoms with E-state index in [-0.39, 0.29) is 0 Å². The molecule has 0 bridgehead atoms. The number of nitrogens with one attached hydrogen (secondary N) is 1. The van der Waals surface area contributed by atoms with Gasteiger partial charge < -0.3 is 14.8 Å². The van der Waals surface area contributed by atoms with Crippen molar-refractivity contribution in [2.75, 3.05) is 13.7 Å². The average molecular weight is 296 g/mol. The highest BCUT2D eigenvalue weighted by Gasteiger charge is 2.21. The predicted octanol–water partition coefficient (Wildman–Crippen LogP) is 3.95. The minimum atomic E-state index is 0.601. The molecule has 3 nitrogen and oxygen atoms in total. The zero-order valence-electron chi connectivity index (χ0n) is 12.2. The largest absolute Gasteiger partial charge is 0.493 e. The van der Waals surface area contributed by atoms with Crippen molar-refractivity contribution in [1.29, 1.82) is 0 Å². The van der Waals surface area contributed by atoms with Gasteiger partial charge in [-0.3, -0.25) is 0 Å². The summed E-state index contributed by atoms with van der Waals surface area (Å²) in [6.45, 7) is 7.24. The molecule has 1 aliphatic carbocycles. The van der Waals surface area contributed by atoms with Gasteiger partial charge in [0.15, 0.2) is 11.5 Å². The topological polar surface area (TPSA) is 30.5 Å². The Morgan fingerprint density at radius 1 is 1.45 bits per heavy atom. The van der Waals surface area contributed by atoms with E-state index >= 15 is 0 Å². The third-order valence-electron chi connectivity index (χ3n) is 3.25. The fraction of sp³-hybridized carbons (Fsp3) is 0.500. The van der Waals surface area contributed by atoms with Crippen molar-refractivity contribution >= 4 is 11.6 Å². The number of hydrogen-bond acceptors (Lipinski definition) is 3. The van der Waals surface area contributed by atoms with Gasteiger partial charge in [0.25, 0.3) is 0 Å². The van der Waals surface area contributed by atoms with Crippen LogP contribution < -0.4 is 14.8 Å². The molecule has 0 saturated heterocycles. The van der Waals surface area contributed by atoms with E-state index in [1.54, 1.807) is 13.2 Å². The van der Waals surface area contributed by atoms with Gasteiger partial charge in [-0.25, -0.2) is 0 Å². The van der Waals surface area contributed by atoms with E-state index in [0.29, 0.717) is 23.4 Å². The van der Waals surface area contributed by atoms with Crippen molar-refractivity contribution in [3.63, 3.8) is 0 Å². The number of hydrogen-bond donors (Lipinski definition) is 1. The van der Waals surface area contributed by atoms with E-state index in [9.17, 15) is 0 Å². The molecule has 20 heavy (non-hydrogen) atoms. The van der Waals surface area contributed by atoms with E-state index < -0.39 is 0 Å². The van der Waals surface area contributed by atoms with Crippen molar-refractivity contribution in [2.45, 2.75) is 38.8 Å². The van der Waals surface area contributed by atoms with Crippen molar-refractivity contribution < 1.29 is 9.47 Å². The van der Waals surface area contributed by atoms with Gasteiger partial charge in [-0.05, 0) is 25.8 Å². The van der Waals surface area contributed by atoms with Gasteiger partial charge in [0, 0.05) is 35.7 Å². The summed E-state index contributed by atoms with van der Waals surface area (Å²) >= 11 is 6.14. The Hall–Kier alpha value is -1.19. The fourth-order valence-corrected chi connectivity index (χ4v) is 2.17. The van der Waals surface area contributed by atoms with Crippen LogP contribution in [0.15, 0.2) is 24.3 Å². The number of halogens is 1. The zero-order chi connectivity index (χ0) is 14.5. The summed E-state index contributed by atoms with van der Waals surface area (Å²) in [4.78, 5) is 0. The SMILES string of the molecule is C=C(C)CCOc1c(CNC2CC2)cc(Cl)cc1OC. The van der Waals surface area contributed by atoms with Crippen LogP contribution in [0.2, 0.25) is 5.02 Å². The molecular formula is C16H22ClNO2. The maximum Gasteiger partial charge on any atom is 0.165 e. The Balaban J connectivity index is 2.12. The smallest absolute Gasteiger partial charge is 0.165 e. The van der Waals surface area contributed by atoms with Gasteiger partial charge in [0.1, 0.15) is 0 Å². The molecule has 1 fully saturated rings. The average Bonchev–Trinajstić information content (AvgIpc) is 3.21. The maximum absolute atomic E-state index is 6.14. The Morgan fingerprint density at radius 2 is 2.20 bits per heavy atom. The first kappa shape index (κ1) is 15.2. The Labute approximate surface area is 125 Å². The first-order chi connectivity index (χ1) is 9.60. The molecule has 0 radical (unpaired) electrons. The van der Waals surface area contributed by atoms with Crippen molar-refractivity contribution in [3.8, 4) is 11.5 Å². The van der Waals surface area contributed by atoms with Crippen molar-refractivity contribution in [1.82, 2.24) is 5.32 Å². The predicted molar refractivity (Wildman–Crippen MR) is 82.8 cm³/mol. The van der Waals surface area contributed by atoms with Crippen LogP contribution >= 0.6 is 11.6 Å². The standard InChI is InChI=1S/C16H22ClNO2/c1-11(2)6-7-20-16-12(10-18-14-4-5-14)8-13(17)9-15(16)19-3/h8-9,14,18H,1,4-7,10H2,2-3H3. The Bertz CT molecular complexity index is 484. The third-order valence-corrected chi connectivity index (χ3v) is 3.47. The molecule has 2 rings (SSSR count). The molecule has 0 spiro atoms. The Kier molecular flexibility index (Phi) is 5.32. The highest BCUT2D eigenvalue weighted by molar-refractivity contribution is 6.30. The lowest BCUT2D eigenvalue weighted by molar-refractivity contribution is 0.293. The molecule has 1 aliphatic rings. The lowest BCUT2D eigenvalue weighted by Crippen LogP contribution is -2.16. The normalized spacial score (nSPS) is 14.2. The molecule has 0 amide bonds. The van der Waals surface area contributed by atoms with Crippen molar-refractivity contribution in [2.24, 2.45) is 0 Å². The van der Waals surface area contributed by atoms with Crippen LogP contribution in [-0.4, -0.2) is 19.8 Å². The van der Waals surface area contributed by atoms with Crippen LogP contribution in [0.25, 0.3) is 0 Å². The second kappa shape index (κ2) is 7.00. The molecule has 1 aromatic rings. The zero-order valence-corrected chi connectivity index (χ0v) is 12.9. The second-order valence-corrected chi connectivity index (χ2v) is 5.74. The quantitative estimate of drug-likeness (QED) is 0.737. The van der Waals surface area contributed by atoms with Gasteiger partial charge in [-0.15, -0.1) is 6.58 Å². The molecule has 0 unspecified atom stereocenters. The van der Waals surface area contributed by atoms with E-state index in [2.05, 4.69) is 11.9 Å². The molecule has 1 saturated carbocycles. The first-order valence-electron chi connectivity index (χ1n) is 6.97. The van der Waals surface area contributed by atoms with Gasteiger partial charge in [0.2, 0.25) is 0 Å². The summed E-state index contributed by atoms with van der Waals surface area (Å²) < 4.78 is 11.3. The van der Waals surface area contributed by atoms with Crippen molar-refractivity contribution in [3.05, 3.63) is 34.9 Å². The fourth-order valence-electron chi connectivity index (χ4n) is 1.94. The molecule has 1 aromatic carbocycles. The lowest BCUT2D eigenvalue weighted by Gasteiger charge is -2.16. The molecule has 110 valence electrons.